The van der Waals surface area contributed by atoms with Gasteiger partial charge in [0.25, 0.3) is 11.8 Å². The van der Waals surface area contributed by atoms with E-state index in [9.17, 15) is 19.2 Å². The van der Waals surface area contributed by atoms with Gasteiger partial charge >= 0.3 is 5.97 Å². The van der Waals surface area contributed by atoms with Crippen molar-refractivity contribution in [3.63, 3.8) is 0 Å². The molecule has 0 radical (unpaired) electrons. The van der Waals surface area contributed by atoms with Crippen LogP contribution >= 0.6 is 11.6 Å². The molecule has 0 unspecified atom stereocenters. The molecule has 0 heterocycles. The van der Waals surface area contributed by atoms with Gasteiger partial charge in [-0.25, -0.2) is 4.79 Å². The second-order valence-electron chi connectivity index (χ2n) is 6.18. The second kappa shape index (κ2) is 9.70. The SMILES string of the molecule is C[C@H](OC(=O)[C@@H](C)NC(=O)c1ccccc1Cl)C(=O)Nc1ccc(C(N)=O)cc1. The van der Waals surface area contributed by atoms with Gasteiger partial charge in [0, 0.05) is 11.3 Å². The van der Waals surface area contributed by atoms with Crippen LogP contribution in [0.3, 0.4) is 0 Å². The van der Waals surface area contributed by atoms with Crippen LogP contribution in [0.4, 0.5) is 5.69 Å². The van der Waals surface area contributed by atoms with Crippen LogP contribution in [0, 0.1) is 0 Å². The molecule has 2 atom stereocenters. The van der Waals surface area contributed by atoms with Gasteiger partial charge in [0.05, 0.1) is 10.6 Å². The van der Waals surface area contributed by atoms with Crippen molar-refractivity contribution in [1.82, 2.24) is 5.32 Å². The summed E-state index contributed by atoms with van der Waals surface area (Å²) in [5.74, 6) is -2.48. The number of anilines is 1. The van der Waals surface area contributed by atoms with Crippen molar-refractivity contribution < 1.29 is 23.9 Å². The van der Waals surface area contributed by atoms with Crippen molar-refractivity contribution in [2.75, 3.05) is 5.32 Å². The van der Waals surface area contributed by atoms with Crippen LogP contribution < -0.4 is 16.4 Å². The number of ether oxygens (including phenoxy) is 1. The Morgan fingerprint density at radius 2 is 1.62 bits per heavy atom. The fourth-order valence-electron chi connectivity index (χ4n) is 2.27. The molecule has 3 amide bonds. The van der Waals surface area contributed by atoms with Crippen molar-refractivity contribution in [3.05, 3.63) is 64.7 Å². The monoisotopic (exact) mass is 417 g/mol. The lowest BCUT2D eigenvalue weighted by Gasteiger charge is -2.18. The molecular weight excluding hydrogens is 398 g/mol. The van der Waals surface area contributed by atoms with Crippen molar-refractivity contribution in [2.24, 2.45) is 5.73 Å². The van der Waals surface area contributed by atoms with Gasteiger partial charge in [-0.3, -0.25) is 14.4 Å². The van der Waals surface area contributed by atoms with Gasteiger partial charge in [0.1, 0.15) is 6.04 Å². The lowest BCUT2D eigenvalue weighted by atomic mass is 10.2. The first-order valence-corrected chi connectivity index (χ1v) is 9.03. The molecule has 4 N–H and O–H groups in total. The molecule has 29 heavy (non-hydrogen) atoms. The molecule has 0 aliphatic heterocycles. The quantitative estimate of drug-likeness (QED) is 0.594. The van der Waals surface area contributed by atoms with Crippen molar-refractivity contribution in [1.29, 1.82) is 0 Å². The molecule has 0 saturated heterocycles. The summed E-state index contributed by atoms with van der Waals surface area (Å²) >= 11 is 5.96. The molecule has 0 aromatic heterocycles. The van der Waals surface area contributed by atoms with E-state index in [1.54, 1.807) is 18.2 Å². The number of esters is 1. The molecule has 2 rings (SSSR count). The van der Waals surface area contributed by atoms with E-state index in [0.29, 0.717) is 11.3 Å². The molecule has 0 fully saturated rings. The maximum Gasteiger partial charge on any atom is 0.329 e. The minimum atomic E-state index is -1.11. The highest BCUT2D eigenvalue weighted by Crippen LogP contribution is 2.15. The lowest BCUT2D eigenvalue weighted by Crippen LogP contribution is -2.42. The fourth-order valence-corrected chi connectivity index (χ4v) is 2.49. The normalized spacial score (nSPS) is 12.4. The molecule has 8 nitrogen and oxygen atoms in total. The Morgan fingerprint density at radius 1 is 1.00 bits per heavy atom. The van der Waals surface area contributed by atoms with Gasteiger partial charge in [-0.2, -0.15) is 0 Å². The highest BCUT2D eigenvalue weighted by atomic mass is 35.5. The number of nitrogens with two attached hydrogens (primary N) is 1. The van der Waals surface area contributed by atoms with E-state index in [2.05, 4.69) is 10.6 Å². The summed E-state index contributed by atoms with van der Waals surface area (Å²) < 4.78 is 5.10. The molecule has 9 heteroatoms. The Balaban J connectivity index is 1.89. The summed E-state index contributed by atoms with van der Waals surface area (Å²) in [6.07, 6.45) is -1.11. The summed E-state index contributed by atoms with van der Waals surface area (Å²) in [6, 6.07) is 11.3. The summed E-state index contributed by atoms with van der Waals surface area (Å²) in [4.78, 5) is 47.6. The number of carbonyl (C=O) groups excluding carboxylic acids is 4. The van der Waals surface area contributed by atoms with Crippen LogP contribution in [0.2, 0.25) is 5.02 Å². The van der Waals surface area contributed by atoms with E-state index in [-0.39, 0.29) is 10.6 Å². The van der Waals surface area contributed by atoms with Gasteiger partial charge in [-0.1, -0.05) is 23.7 Å². The third-order valence-electron chi connectivity index (χ3n) is 3.92. The minimum absolute atomic E-state index is 0.221. The van der Waals surface area contributed by atoms with Crippen LogP contribution in [0.25, 0.3) is 0 Å². The number of carbonyl (C=O) groups is 4. The topological polar surface area (TPSA) is 128 Å². The molecular formula is C20H20ClN3O5. The number of nitrogens with one attached hydrogen (secondary N) is 2. The number of amides is 3. The zero-order chi connectivity index (χ0) is 21.6. The molecule has 0 aliphatic carbocycles. The van der Waals surface area contributed by atoms with E-state index >= 15 is 0 Å². The number of hydrogen-bond donors (Lipinski definition) is 3. The van der Waals surface area contributed by atoms with Crippen LogP contribution in [0.1, 0.15) is 34.6 Å². The zero-order valence-electron chi connectivity index (χ0n) is 15.8. The molecule has 0 saturated carbocycles. The van der Waals surface area contributed by atoms with E-state index in [0.717, 1.165) is 0 Å². The lowest BCUT2D eigenvalue weighted by molar-refractivity contribution is -0.154. The summed E-state index contributed by atoms with van der Waals surface area (Å²) in [6.45, 7) is 2.83. The Labute approximate surface area is 172 Å². The number of primary amides is 1. The molecule has 0 spiro atoms. The number of halogens is 1. The Bertz CT molecular complexity index is 930. The third kappa shape index (κ3) is 6.05. The smallest absolute Gasteiger partial charge is 0.329 e. The molecule has 2 aromatic carbocycles. The van der Waals surface area contributed by atoms with Crippen molar-refractivity contribution in [3.8, 4) is 0 Å². The van der Waals surface area contributed by atoms with Gasteiger partial charge in [-0.05, 0) is 50.2 Å². The first-order valence-electron chi connectivity index (χ1n) is 8.65. The van der Waals surface area contributed by atoms with Crippen molar-refractivity contribution >= 4 is 41.0 Å². The largest absolute Gasteiger partial charge is 0.451 e. The first-order chi connectivity index (χ1) is 13.7. The Kier molecular flexibility index (Phi) is 7.33. The average Bonchev–Trinajstić information content (AvgIpc) is 2.68. The van der Waals surface area contributed by atoms with E-state index in [4.69, 9.17) is 22.1 Å². The van der Waals surface area contributed by atoms with Gasteiger partial charge in [-0.15, -0.1) is 0 Å². The predicted octanol–water partition coefficient (Wildman–Crippen LogP) is 2.13. The Morgan fingerprint density at radius 3 is 2.21 bits per heavy atom. The van der Waals surface area contributed by atoms with E-state index in [1.165, 1.54) is 44.2 Å². The third-order valence-corrected chi connectivity index (χ3v) is 4.25. The summed E-state index contributed by atoms with van der Waals surface area (Å²) in [5, 5.41) is 5.28. The van der Waals surface area contributed by atoms with E-state index in [1.807, 2.05) is 0 Å². The van der Waals surface area contributed by atoms with Crippen LogP contribution in [0.5, 0.6) is 0 Å². The predicted molar refractivity (Wildman–Crippen MR) is 108 cm³/mol. The molecule has 0 bridgehead atoms. The standard InChI is InChI=1S/C20H20ClN3O5/c1-11(23-19(27)15-5-3-4-6-16(15)21)20(28)29-12(2)18(26)24-14-9-7-13(8-10-14)17(22)25/h3-12H,1-2H3,(H2,22,25)(H,23,27)(H,24,26)/t11-,12+/m1/s1. The maximum absolute atomic E-state index is 12.2. The van der Waals surface area contributed by atoms with Gasteiger partial charge < -0.3 is 21.1 Å². The summed E-state index contributed by atoms with van der Waals surface area (Å²) in [5.41, 5.74) is 6.08. The molecule has 2 aromatic rings. The maximum atomic E-state index is 12.2. The second-order valence-corrected chi connectivity index (χ2v) is 6.59. The summed E-state index contributed by atoms with van der Waals surface area (Å²) in [7, 11) is 0. The first kappa shape index (κ1) is 21.9. The number of benzene rings is 2. The van der Waals surface area contributed by atoms with Crippen LogP contribution in [-0.2, 0) is 14.3 Å². The van der Waals surface area contributed by atoms with Crippen molar-refractivity contribution in [2.45, 2.75) is 26.0 Å². The van der Waals surface area contributed by atoms with Gasteiger partial charge in [0.15, 0.2) is 6.10 Å². The minimum Gasteiger partial charge on any atom is -0.451 e. The van der Waals surface area contributed by atoms with Gasteiger partial charge in [0.2, 0.25) is 5.91 Å². The highest BCUT2D eigenvalue weighted by molar-refractivity contribution is 6.33. The zero-order valence-corrected chi connectivity index (χ0v) is 16.5. The molecule has 0 aliphatic rings. The van der Waals surface area contributed by atoms with E-state index < -0.39 is 35.8 Å². The highest BCUT2D eigenvalue weighted by Gasteiger charge is 2.24. The fraction of sp³-hybridized carbons (Fsp3) is 0.200. The number of rotatable bonds is 7. The van der Waals surface area contributed by atoms with Crippen LogP contribution in [-0.4, -0.2) is 35.8 Å². The molecule has 152 valence electrons. The average molecular weight is 418 g/mol. The Hall–Kier alpha value is -3.39. The number of hydrogen-bond acceptors (Lipinski definition) is 5. The van der Waals surface area contributed by atoms with Crippen LogP contribution in [0.15, 0.2) is 48.5 Å².